The number of hydrogen-bond acceptors (Lipinski definition) is 4. The molecule has 0 aliphatic heterocycles. The van der Waals surface area contributed by atoms with Gasteiger partial charge >= 0.3 is 5.97 Å². The van der Waals surface area contributed by atoms with E-state index in [0.29, 0.717) is 12.1 Å². The molecule has 0 unspecified atom stereocenters. The molecule has 6 nitrogen and oxygen atoms in total. The van der Waals surface area contributed by atoms with Crippen LogP contribution in [0.15, 0.2) is 36.5 Å². The maximum Gasteiger partial charge on any atom is 0.358 e. The molecule has 0 fully saturated rings. The number of hydrogen-bond donors (Lipinski definition) is 1. The molecule has 0 aliphatic rings. The lowest BCUT2D eigenvalue weighted by molar-refractivity contribution is 0.0689. The first-order chi connectivity index (χ1) is 9.72. The summed E-state index contributed by atoms with van der Waals surface area (Å²) in [6.45, 7) is 1.88. The Labute approximate surface area is 114 Å². The van der Waals surface area contributed by atoms with Crippen LogP contribution in [0.25, 0.3) is 16.6 Å². The predicted molar refractivity (Wildman–Crippen MR) is 73.0 cm³/mol. The van der Waals surface area contributed by atoms with Crippen molar-refractivity contribution in [2.24, 2.45) is 0 Å². The van der Waals surface area contributed by atoms with Crippen molar-refractivity contribution in [1.29, 1.82) is 0 Å². The summed E-state index contributed by atoms with van der Waals surface area (Å²) in [5.41, 5.74) is 2.19. The fourth-order valence-corrected chi connectivity index (χ4v) is 2.25. The summed E-state index contributed by atoms with van der Waals surface area (Å²) >= 11 is 0. The number of nitrogens with zero attached hydrogens (tertiary/aromatic N) is 4. The summed E-state index contributed by atoms with van der Waals surface area (Å²) in [7, 11) is 0. The number of carbonyl (C=O) groups is 1. The highest BCUT2D eigenvalue weighted by Gasteiger charge is 2.19. The number of fused-ring (bicyclic) bond motifs is 1. The number of carboxylic acids is 1. The molecule has 0 bridgehead atoms. The predicted octanol–water partition coefficient (Wildman–Crippen LogP) is 2.08. The number of aromatic nitrogens is 4. The van der Waals surface area contributed by atoms with Gasteiger partial charge in [-0.1, -0.05) is 18.2 Å². The van der Waals surface area contributed by atoms with E-state index in [2.05, 4.69) is 15.3 Å². The lowest BCUT2D eigenvalue weighted by atomic mass is 10.1. The second-order valence-corrected chi connectivity index (χ2v) is 4.30. The number of aromatic carboxylic acids is 1. The van der Waals surface area contributed by atoms with E-state index in [1.165, 1.54) is 0 Å². The number of rotatable bonds is 3. The minimum atomic E-state index is -1.06. The van der Waals surface area contributed by atoms with Crippen LogP contribution in [0.3, 0.4) is 0 Å². The van der Waals surface area contributed by atoms with Gasteiger partial charge in [0.15, 0.2) is 5.69 Å². The van der Waals surface area contributed by atoms with E-state index in [1.54, 1.807) is 10.9 Å². The van der Waals surface area contributed by atoms with Crippen LogP contribution in [0.5, 0.6) is 0 Å². The van der Waals surface area contributed by atoms with Crippen molar-refractivity contribution in [3.63, 3.8) is 0 Å². The van der Waals surface area contributed by atoms with Crippen molar-refractivity contribution in [3.8, 4) is 5.69 Å². The van der Waals surface area contributed by atoms with Crippen LogP contribution in [0.1, 0.15) is 23.1 Å². The normalized spacial score (nSPS) is 10.8. The van der Waals surface area contributed by atoms with Crippen LogP contribution in [-0.2, 0) is 6.42 Å². The molecule has 3 aromatic rings. The Balaban J connectivity index is 2.29. The molecule has 20 heavy (non-hydrogen) atoms. The van der Waals surface area contributed by atoms with Crippen molar-refractivity contribution in [3.05, 3.63) is 47.9 Å². The second-order valence-electron chi connectivity index (χ2n) is 4.30. The van der Waals surface area contributed by atoms with Crippen LogP contribution < -0.4 is 0 Å². The SMILES string of the molecule is CCc1c(C(=O)O)nnn1-c1cccc2ncccc12. The van der Waals surface area contributed by atoms with Crippen LogP contribution in [-0.4, -0.2) is 31.1 Å². The maximum absolute atomic E-state index is 11.2. The molecule has 2 aromatic heterocycles. The van der Waals surface area contributed by atoms with Gasteiger partial charge in [-0.05, 0) is 30.7 Å². The molecule has 0 saturated heterocycles. The summed E-state index contributed by atoms with van der Waals surface area (Å²) in [5, 5.41) is 17.8. The van der Waals surface area contributed by atoms with Gasteiger partial charge in [0.2, 0.25) is 0 Å². The third-order valence-corrected chi connectivity index (χ3v) is 3.15. The molecule has 0 spiro atoms. The van der Waals surface area contributed by atoms with E-state index >= 15 is 0 Å². The second kappa shape index (κ2) is 4.73. The first-order valence-electron chi connectivity index (χ1n) is 6.24. The topological polar surface area (TPSA) is 80.9 Å². The van der Waals surface area contributed by atoms with Gasteiger partial charge in [-0.3, -0.25) is 4.98 Å². The quantitative estimate of drug-likeness (QED) is 0.786. The summed E-state index contributed by atoms with van der Waals surface area (Å²) < 4.78 is 1.58. The van der Waals surface area contributed by atoms with Crippen molar-refractivity contribution >= 4 is 16.9 Å². The zero-order chi connectivity index (χ0) is 14.1. The molecule has 100 valence electrons. The Morgan fingerprint density at radius 1 is 1.30 bits per heavy atom. The summed E-state index contributed by atoms with van der Waals surface area (Å²) in [6.07, 6.45) is 2.25. The standard InChI is InChI=1S/C14H12N4O2/c1-2-11-13(14(19)20)16-17-18(11)12-7-3-6-10-9(12)5-4-8-15-10/h3-8H,2H2,1H3,(H,19,20). The fourth-order valence-electron chi connectivity index (χ4n) is 2.25. The molecular formula is C14H12N4O2. The number of pyridine rings is 1. The summed E-state index contributed by atoms with van der Waals surface area (Å²) in [4.78, 5) is 15.4. The van der Waals surface area contributed by atoms with Gasteiger partial charge in [-0.15, -0.1) is 5.10 Å². The largest absolute Gasteiger partial charge is 0.476 e. The van der Waals surface area contributed by atoms with Crippen LogP contribution in [0, 0.1) is 0 Å². The zero-order valence-electron chi connectivity index (χ0n) is 10.8. The molecule has 0 atom stereocenters. The Bertz CT molecular complexity index is 789. The first kappa shape index (κ1) is 12.3. The minimum Gasteiger partial charge on any atom is -0.476 e. The molecule has 6 heteroatoms. The molecule has 1 aromatic carbocycles. The third kappa shape index (κ3) is 1.82. The van der Waals surface area contributed by atoms with Gasteiger partial charge in [-0.2, -0.15) is 0 Å². The highest BCUT2D eigenvalue weighted by atomic mass is 16.4. The van der Waals surface area contributed by atoms with E-state index in [-0.39, 0.29) is 5.69 Å². The van der Waals surface area contributed by atoms with Gasteiger partial charge in [-0.25, -0.2) is 9.48 Å². The Morgan fingerprint density at radius 3 is 2.90 bits per heavy atom. The van der Waals surface area contributed by atoms with Gasteiger partial charge < -0.3 is 5.11 Å². The smallest absolute Gasteiger partial charge is 0.358 e. The molecule has 0 amide bonds. The molecule has 3 rings (SSSR count). The summed E-state index contributed by atoms with van der Waals surface area (Å²) in [5.74, 6) is -1.06. The highest BCUT2D eigenvalue weighted by molar-refractivity contribution is 5.89. The lowest BCUT2D eigenvalue weighted by Crippen LogP contribution is -2.06. The van der Waals surface area contributed by atoms with Gasteiger partial charge in [0.25, 0.3) is 0 Å². The van der Waals surface area contributed by atoms with Gasteiger partial charge in [0.05, 0.1) is 16.9 Å². The fraction of sp³-hybridized carbons (Fsp3) is 0.143. The Morgan fingerprint density at radius 2 is 2.15 bits per heavy atom. The maximum atomic E-state index is 11.2. The molecule has 0 saturated carbocycles. The first-order valence-corrected chi connectivity index (χ1v) is 6.24. The van der Waals surface area contributed by atoms with E-state index in [0.717, 1.165) is 16.6 Å². The number of benzene rings is 1. The molecular weight excluding hydrogens is 256 g/mol. The van der Waals surface area contributed by atoms with Crippen LogP contribution in [0.4, 0.5) is 0 Å². The Kier molecular flexibility index (Phi) is 2.90. The average Bonchev–Trinajstić information content (AvgIpc) is 2.90. The minimum absolute atomic E-state index is 0.00612. The van der Waals surface area contributed by atoms with Crippen molar-refractivity contribution in [2.45, 2.75) is 13.3 Å². The van der Waals surface area contributed by atoms with E-state index in [1.807, 2.05) is 37.3 Å². The molecule has 1 N–H and O–H groups in total. The Hall–Kier alpha value is -2.76. The molecule has 0 radical (unpaired) electrons. The van der Waals surface area contributed by atoms with E-state index < -0.39 is 5.97 Å². The third-order valence-electron chi connectivity index (χ3n) is 3.15. The van der Waals surface area contributed by atoms with Gasteiger partial charge in [0.1, 0.15) is 0 Å². The zero-order valence-corrected chi connectivity index (χ0v) is 10.8. The van der Waals surface area contributed by atoms with E-state index in [4.69, 9.17) is 5.11 Å². The number of carboxylic acid groups (broad SMARTS) is 1. The van der Waals surface area contributed by atoms with Crippen LogP contribution >= 0.6 is 0 Å². The van der Waals surface area contributed by atoms with Crippen molar-refractivity contribution in [1.82, 2.24) is 20.0 Å². The van der Waals surface area contributed by atoms with Crippen LogP contribution in [0.2, 0.25) is 0 Å². The lowest BCUT2D eigenvalue weighted by Gasteiger charge is -2.08. The highest BCUT2D eigenvalue weighted by Crippen LogP contribution is 2.22. The monoisotopic (exact) mass is 268 g/mol. The van der Waals surface area contributed by atoms with Crippen molar-refractivity contribution in [2.75, 3.05) is 0 Å². The average molecular weight is 268 g/mol. The van der Waals surface area contributed by atoms with E-state index in [9.17, 15) is 4.79 Å². The summed E-state index contributed by atoms with van der Waals surface area (Å²) in [6, 6.07) is 9.42. The molecule has 2 heterocycles. The van der Waals surface area contributed by atoms with Crippen molar-refractivity contribution < 1.29 is 9.90 Å². The molecule has 0 aliphatic carbocycles. The van der Waals surface area contributed by atoms with Gasteiger partial charge in [0, 0.05) is 11.6 Å².